The number of aromatic nitrogens is 3. The van der Waals surface area contributed by atoms with Gasteiger partial charge in [0.2, 0.25) is 11.9 Å². The molecule has 2 heterocycles. The molecule has 1 aromatic carbocycles. The Bertz CT molecular complexity index is 861. The molecular formula is C21H29N5O2. The molecule has 1 aliphatic heterocycles. The van der Waals surface area contributed by atoms with Crippen molar-refractivity contribution in [1.82, 2.24) is 19.7 Å². The molecule has 1 aromatic heterocycles. The zero-order chi connectivity index (χ0) is 20.5. The van der Waals surface area contributed by atoms with Crippen LogP contribution in [0.5, 0.6) is 0 Å². The number of nitrogens with zero attached hydrogens (tertiary/aromatic N) is 4. The molecule has 1 aliphatic rings. The number of hydrogen-bond donors (Lipinski definition) is 1. The molecule has 7 nitrogen and oxygen atoms in total. The van der Waals surface area contributed by atoms with E-state index < -0.39 is 0 Å². The first-order valence-electron chi connectivity index (χ1n) is 9.74. The molecular weight excluding hydrogens is 354 g/mol. The van der Waals surface area contributed by atoms with Gasteiger partial charge in [-0.05, 0) is 59.6 Å². The van der Waals surface area contributed by atoms with Crippen LogP contribution in [-0.2, 0) is 10.3 Å². The first-order chi connectivity index (χ1) is 13.1. The van der Waals surface area contributed by atoms with Gasteiger partial charge in [-0.1, -0.05) is 17.2 Å². The second-order valence-electron chi connectivity index (χ2n) is 8.62. The SMILES string of the molecule is Cc1cc(C)cc(C(=O)N2CCCC(C(=O)Nc3ncnn3C(C)(C)C)C2)c1. The van der Waals surface area contributed by atoms with Gasteiger partial charge in [0.15, 0.2) is 0 Å². The van der Waals surface area contributed by atoms with E-state index in [1.54, 1.807) is 9.58 Å². The molecule has 7 heteroatoms. The quantitative estimate of drug-likeness (QED) is 0.883. The van der Waals surface area contributed by atoms with Gasteiger partial charge in [-0.3, -0.25) is 14.9 Å². The fourth-order valence-electron chi connectivity index (χ4n) is 3.69. The number of benzene rings is 1. The number of carbonyl (C=O) groups is 2. The van der Waals surface area contributed by atoms with Crippen LogP contribution in [-0.4, -0.2) is 44.6 Å². The van der Waals surface area contributed by atoms with Crippen molar-refractivity contribution in [2.45, 2.75) is 53.0 Å². The van der Waals surface area contributed by atoms with Crippen molar-refractivity contribution in [3.63, 3.8) is 0 Å². The van der Waals surface area contributed by atoms with Crippen LogP contribution >= 0.6 is 0 Å². The lowest BCUT2D eigenvalue weighted by Crippen LogP contribution is -2.44. The average Bonchev–Trinajstić information content (AvgIpc) is 3.09. The Morgan fingerprint density at radius 1 is 1.14 bits per heavy atom. The maximum Gasteiger partial charge on any atom is 0.253 e. The van der Waals surface area contributed by atoms with Crippen LogP contribution in [0.1, 0.15) is 55.1 Å². The maximum absolute atomic E-state index is 12.9. The lowest BCUT2D eigenvalue weighted by molar-refractivity contribution is -0.121. The molecule has 1 N–H and O–H groups in total. The smallest absolute Gasteiger partial charge is 0.253 e. The Labute approximate surface area is 166 Å². The number of aryl methyl sites for hydroxylation is 2. The molecule has 1 saturated heterocycles. The third kappa shape index (κ3) is 4.40. The minimum absolute atomic E-state index is 0.0119. The Hall–Kier alpha value is -2.70. The molecule has 2 aromatic rings. The second kappa shape index (κ2) is 7.73. The largest absolute Gasteiger partial charge is 0.338 e. The van der Waals surface area contributed by atoms with Gasteiger partial charge in [0.05, 0.1) is 11.5 Å². The average molecular weight is 383 g/mol. The Morgan fingerprint density at radius 3 is 2.46 bits per heavy atom. The molecule has 1 atom stereocenters. The lowest BCUT2D eigenvalue weighted by atomic mass is 9.96. The summed E-state index contributed by atoms with van der Waals surface area (Å²) in [7, 11) is 0. The van der Waals surface area contributed by atoms with Gasteiger partial charge in [0, 0.05) is 18.7 Å². The predicted molar refractivity (Wildman–Crippen MR) is 108 cm³/mol. The van der Waals surface area contributed by atoms with Gasteiger partial charge < -0.3 is 4.90 Å². The minimum Gasteiger partial charge on any atom is -0.338 e. The fraction of sp³-hybridized carbons (Fsp3) is 0.524. The van der Waals surface area contributed by atoms with Crippen molar-refractivity contribution in [1.29, 1.82) is 0 Å². The molecule has 1 unspecified atom stereocenters. The highest BCUT2D eigenvalue weighted by atomic mass is 16.2. The van der Waals surface area contributed by atoms with Crippen molar-refractivity contribution in [2.24, 2.45) is 5.92 Å². The third-order valence-electron chi connectivity index (χ3n) is 4.97. The zero-order valence-electron chi connectivity index (χ0n) is 17.3. The zero-order valence-corrected chi connectivity index (χ0v) is 17.3. The number of nitrogens with one attached hydrogen (secondary N) is 1. The number of rotatable bonds is 3. The van der Waals surface area contributed by atoms with E-state index >= 15 is 0 Å². The van der Waals surface area contributed by atoms with E-state index in [0.717, 1.165) is 24.0 Å². The van der Waals surface area contributed by atoms with E-state index in [2.05, 4.69) is 21.5 Å². The summed E-state index contributed by atoms with van der Waals surface area (Å²) < 4.78 is 1.70. The second-order valence-corrected chi connectivity index (χ2v) is 8.62. The Kier molecular flexibility index (Phi) is 5.54. The van der Waals surface area contributed by atoms with E-state index in [-0.39, 0.29) is 23.3 Å². The molecule has 0 radical (unpaired) electrons. The molecule has 3 rings (SSSR count). The first-order valence-corrected chi connectivity index (χ1v) is 9.74. The van der Waals surface area contributed by atoms with Crippen LogP contribution in [0.15, 0.2) is 24.5 Å². The van der Waals surface area contributed by atoms with Crippen molar-refractivity contribution in [2.75, 3.05) is 18.4 Å². The van der Waals surface area contributed by atoms with Gasteiger partial charge in [-0.15, -0.1) is 0 Å². The number of piperidine rings is 1. The molecule has 150 valence electrons. The highest BCUT2D eigenvalue weighted by Crippen LogP contribution is 2.22. The molecule has 1 fully saturated rings. The Balaban J connectivity index is 1.70. The van der Waals surface area contributed by atoms with E-state index in [1.165, 1.54) is 6.33 Å². The van der Waals surface area contributed by atoms with Gasteiger partial charge in [-0.25, -0.2) is 4.68 Å². The van der Waals surface area contributed by atoms with E-state index in [0.29, 0.717) is 24.6 Å². The van der Waals surface area contributed by atoms with Crippen LogP contribution in [0.2, 0.25) is 0 Å². The molecule has 0 aliphatic carbocycles. The highest BCUT2D eigenvalue weighted by Gasteiger charge is 2.30. The van der Waals surface area contributed by atoms with Crippen molar-refractivity contribution >= 4 is 17.8 Å². The lowest BCUT2D eigenvalue weighted by Gasteiger charge is -2.32. The van der Waals surface area contributed by atoms with Gasteiger partial charge in [-0.2, -0.15) is 10.1 Å². The minimum atomic E-state index is -0.281. The molecule has 0 spiro atoms. The number of likely N-dealkylation sites (tertiary alicyclic amines) is 1. The van der Waals surface area contributed by atoms with Crippen LogP contribution in [0.4, 0.5) is 5.95 Å². The van der Waals surface area contributed by atoms with Gasteiger partial charge in [0.25, 0.3) is 5.91 Å². The first kappa shape index (κ1) is 20.0. The summed E-state index contributed by atoms with van der Waals surface area (Å²) in [6, 6.07) is 5.87. The number of hydrogen-bond acceptors (Lipinski definition) is 4. The topological polar surface area (TPSA) is 80.1 Å². The predicted octanol–water partition coefficient (Wildman–Crippen LogP) is 3.14. The van der Waals surface area contributed by atoms with Crippen LogP contribution < -0.4 is 5.32 Å². The van der Waals surface area contributed by atoms with Crippen LogP contribution in [0, 0.1) is 19.8 Å². The number of carbonyl (C=O) groups excluding carboxylic acids is 2. The molecule has 28 heavy (non-hydrogen) atoms. The van der Waals surface area contributed by atoms with Crippen molar-refractivity contribution < 1.29 is 9.59 Å². The molecule has 0 saturated carbocycles. The summed E-state index contributed by atoms with van der Waals surface area (Å²) in [5.74, 6) is 0.0579. The van der Waals surface area contributed by atoms with Crippen LogP contribution in [0.3, 0.4) is 0 Å². The summed E-state index contributed by atoms with van der Waals surface area (Å²) >= 11 is 0. The highest BCUT2D eigenvalue weighted by molar-refractivity contribution is 5.96. The number of anilines is 1. The molecule has 0 bridgehead atoms. The van der Waals surface area contributed by atoms with E-state index in [1.807, 2.05) is 46.8 Å². The summed E-state index contributed by atoms with van der Waals surface area (Å²) in [6.45, 7) is 11.1. The summed E-state index contributed by atoms with van der Waals surface area (Å²) in [4.78, 5) is 31.7. The summed E-state index contributed by atoms with van der Waals surface area (Å²) in [5.41, 5.74) is 2.54. The van der Waals surface area contributed by atoms with E-state index in [4.69, 9.17) is 0 Å². The Morgan fingerprint density at radius 2 is 1.82 bits per heavy atom. The van der Waals surface area contributed by atoms with Gasteiger partial charge >= 0.3 is 0 Å². The maximum atomic E-state index is 12.9. The van der Waals surface area contributed by atoms with E-state index in [9.17, 15) is 9.59 Å². The third-order valence-corrected chi connectivity index (χ3v) is 4.97. The van der Waals surface area contributed by atoms with Crippen molar-refractivity contribution in [3.8, 4) is 0 Å². The number of amides is 2. The monoisotopic (exact) mass is 383 g/mol. The fourth-order valence-corrected chi connectivity index (χ4v) is 3.69. The normalized spacial score (nSPS) is 17.5. The molecule has 2 amide bonds. The summed E-state index contributed by atoms with van der Waals surface area (Å²) in [5, 5.41) is 7.11. The standard InChI is InChI=1S/C21H29N5O2/c1-14-9-15(2)11-17(10-14)19(28)25-8-6-7-16(12-25)18(27)24-20-22-13-23-26(20)21(3,4)5/h9-11,13,16H,6-8,12H2,1-5H3,(H,22,23,24,27). The summed E-state index contributed by atoms with van der Waals surface area (Å²) in [6.07, 6.45) is 3.00. The van der Waals surface area contributed by atoms with Crippen molar-refractivity contribution in [3.05, 3.63) is 41.2 Å². The van der Waals surface area contributed by atoms with Crippen LogP contribution in [0.25, 0.3) is 0 Å². The van der Waals surface area contributed by atoms with Gasteiger partial charge in [0.1, 0.15) is 6.33 Å².